The number of aryl methyl sites for hydroxylation is 1. The van der Waals surface area contributed by atoms with Gasteiger partial charge in [-0.3, -0.25) is 9.69 Å². The maximum absolute atomic E-state index is 13.9. The molecular formula is C25H33ClFN5O2. The molecule has 0 saturated carbocycles. The molecule has 0 amide bonds. The second kappa shape index (κ2) is 12.1. The molecule has 1 fully saturated rings. The van der Waals surface area contributed by atoms with Gasteiger partial charge in [-0.25, -0.2) is 9.07 Å². The van der Waals surface area contributed by atoms with E-state index in [1.54, 1.807) is 24.3 Å². The number of rotatable bonds is 9. The van der Waals surface area contributed by atoms with Crippen LogP contribution in [0.4, 0.5) is 10.1 Å². The fraction of sp³-hybridized carbons (Fsp3) is 0.480. The summed E-state index contributed by atoms with van der Waals surface area (Å²) >= 11 is 0. The second-order valence-electron chi connectivity index (χ2n) is 8.80. The van der Waals surface area contributed by atoms with E-state index in [4.69, 9.17) is 4.74 Å². The molecular weight excluding hydrogens is 457 g/mol. The summed E-state index contributed by atoms with van der Waals surface area (Å²) in [5.41, 5.74) is 1.40. The van der Waals surface area contributed by atoms with Crippen molar-refractivity contribution in [2.75, 3.05) is 37.6 Å². The van der Waals surface area contributed by atoms with Crippen molar-refractivity contribution in [3.05, 3.63) is 58.6 Å². The minimum atomic E-state index is -0.237. The third kappa shape index (κ3) is 6.45. The van der Waals surface area contributed by atoms with Gasteiger partial charge < -0.3 is 9.64 Å². The largest absolute Gasteiger partial charge is 0.489 e. The third-order valence-corrected chi connectivity index (χ3v) is 5.97. The lowest BCUT2D eigenvalue weighted by atomic mass is 10.2. The Bertz CT molecular complexity index is 1130. The average molecular weight is 490 g/mol. The quantitative estimate of drug-likeness (QED) is 0.421. The zero-order chi connectivity index (χ0) is 23.2. The molecule has 9 heteroatoms. The molecule has 184 valence electrons. The predicted molar refractivity (Wildman–Crippen MR) is 136 cm³/mol. The lowest BCUT2D eigenvalue weighted by molar-refractivity contribution is 0.236. The van der Waals surface area contributed by atoms with E-state index in [1.807, 2.05) is 26.0 Å². The smallest absolute Gasteiger partial charge is 0.277 e. The molecule has 0 aliphatic carbocycles. The van der Waals surface area contributed by atoms with Crippen LogP contribution in [0.25, 0.3) is 10.9 Å². The van der Waals surface area contributed by atoms with E-state index in [2.05, 4.69) is 20.1 Å². The number of nitrogens with zero attached hydrogens (tertiary/aromatic N) is 5. The highest BCUT2D eigenvalue weighted by atomic mass is 35.5. The van der Waals surface area contributed by atoms with Crippen LogP contribution in [0.1, 0.15) is 33.1 Å². The monoisotopic (exact) mass is 489 g/mol. The summed E-state index contributed by atoms with van der Waals surface area (Å²) in [5.74, 6) is 0.505. The van der Waals surface area contributed by atoms with Gasteiger partial charge in [0.25, 0.3) is 5.56 Å². The van der Waals surface area contributed by atoms with Gasteiger partial charge in [-0.1, -0.05) is 23.8 Å². The molecule has 0 radical (unpaired) electrons. The molecule has 2 heterocycles. The molecule has 0 bridgehead atoms. The highest BCUT2D eigenvalue weighted by Crippen LogP contribution is 2.31. The molecule has 3 aromatic rings. The Balaban J connectivity index is 0.00000324. The van der Waals surface area contributed by atoms with Crippen LogP contribution >= 0.6 is 12.4 Å². The van der Waals surface area contributed by atoms with Crippen LogP contribution in [0, 0.1) is 5.82 Å². The van der Waals surface area contributed by atoms with Gasteiger partial charge in [0.05, 0.1) is 17.2 Å². The molecule has 4 rings (SSSR count). The van der Waals surface area contributed by atoms with Crippen LogP contribution < -0.4 is 15.2 Å². The topological polar surface area (TPSA) is 63.5 Å². The second-order valence-corrected chi connectivity index (χ2v) is 8.80. The molecule has 1 aliphatic rings. The zero-order valence-corrected chi connectivity index (χ0v) is 20.6. The Morgan fingerprint density at radius 2 is 1.74 bits per heavy atom. The molecule has 1 saturated heterocycles. The van der Waals surface area contributed by atoms with Crippen molar-refractivity contribution in [2.45, 2.75) is 45.8 Å². The Kier molecular flexibility index (Phi) is 9.24. The number of ether oxygens (including phenoxy) is 1. The minimum absolute atomic E-state index is 0. The number of benzene rings is 2. The number of hydrogen-bond acceptors (Lipinski definition) is 6. The van der Waals surface area contributed by atoms with Gasteiger partial charge in [-0.15, -0.1) is 17.5 Å². The molecule has 0 atom stereocenters. The van der Waals surface area contributed by atoms with Gasteiger partial charge in [0.1, 0.15) is 17.1 Å². The summed E-state index contributed by atoms with van der Waals surface area (Å²) in [6.45, 7) is 9.13. The first-order chi connectivity index (χ1) is 16.0. The maximum atomic E-state index is 13.9. The molecule has 1 aliphatic heterocycles. The first kappa shape index (κ1) is 25.9. The highest BCUT2D eigenvalue weighted by molar-refractivity contribution is 5.85. The number of aromatic nitrogens is 3. The average Bonchev–Trinajstić information content (AvgIpc) is 2.82. The van der Waals surface area contributed by atoms with Crippen molar-refractivity contribution in [2.24, 2.45) is 0 Å². The van der Waals surface area contributed by atoms with E-state index < -0.39 is 0 Å². The van der Waals surface area contributed by atoms with E-state index >= 15 is 0 Å². The number of anilines is 1. The van der Waals surface area contributed by atoms with Crippen LogP contribution in [0.5, 0.6) is 5.75 Å². The summed E-state index contributed by atoms with van der Waals surface area (Å²) in [4.78, 5) is 17.2. The van der Waals surface area contributed by atoms with Crippen molar-refractivity contribution < 1.29 is 9.13 Å². The molecule has 1 aromatic heterocycles. The van der Waals surface area contributed by atoms with E-state index in [0.717, 1.165) is 63.4 Å². The maximum Gasteiger partial charge on any atom is 0.277 e. The molecule has 2 aromatic carbocycles. The standard InChI is InChI=1S/C25H32FN5O2.ClH/c1-19(2)33-24-11-10-20(26)18-23(24)30-16-14-29(15-17-30)12-6-3-7-13-31-25(32)21-8-4-5-9-22(21)27-28-31;/h4-5,8-11,18-19H,3,6-7,12-17H2,1-2H3;1H. The normalized spacial score (nSPS) is 14.4. The fourth-order valence-electron chi connectivity index (χ4n) is 4.25. The van der Waals surface area contributed by atoms with Crippen molar-refractivity contribution in [3.8, 4) is 5.75 Å². The van der Waals surface area contributed by atoms with Crippen LogP contribution in [0.3, 0.4) is 0 Å². The van der Waals surface area contributed by atoms with Gasteiger partial charge in [-0.05, 0) is 57.5 Å². The van der Waals surface area contributed by atoms with Gasteiger partial charge in [0.15, 0.2) is 0 Å². The first-order valence-corrected chi connectivity index (χ1v) is 11.8. The van der Waals surface area contributed by atoms with Gasteiger partial charge >= 0.3 is 0 Å². The summed E-state index contributed by atoms with van der Waals surface area (Å²) in [5, 5.41) is 8.82. The number of hydrogen-bond donors (Lipinski definition) is 0. The predicted octanol–water partition coefficient (Wildman–Crippen LogP) is 4.13. The first-order valence-electron chi connectivity index (χ1n) is 11.8. The van der Waals surface area contributed by atoms with Crippen molar-refractivity contribution >= 4 is 29.0 Å². The minimum Gasteiger partial charge on any atom is -0.489 e. The van der Waals surface area contributed by atoms with Crippen molar-refractivity contribution in [1.29, 1.82) is 0 Å². The summed E-state index contributed by atoms with van der Waals surface area (Å²) in [6, 6.07) is 12.1. The van der Waals surface area contributed by atoms with Gasteiger partial charge in [-0.2, -0.15) is 0 Å². The number of unbranched alkanes of at least 4 members (excludes halogenated alkanes) is 2. The Labute approximate surface area is 205 Å². The van der Waals surface area contributed by atoms with E-state index in [0.29, 0.717) is 17.4 Å². The van der Waals surface area contributed by atoms with E-state index in [1.165, 1.54) is 10.7 Å². The number of halogens is 2. The van der Waals surface area contributed by atoms with E-state index in [9.17, 15) is 9.18 Å². The zero-order valence-electron chi connectivity index (χ0n) is 19.8. The summed E-state index contributed by atoms with van der Waals surface area (Å²) in [6.07, 6.45) is 3.04. The van der Waals surface area contributed by atoms with Gasteiger partial charge in [0.2, 0.25) is 0 Å². The SMILES string of the molecule is CC(C)Oc1ccc(F)cc1N1CCN(CCCCCn2nnc3ccccc3c2=O)CC1.Cl. The van der Waals surface area contributed by atoms with Crippen molar-refractivity contribution in [3.63, 3.8) is 0 Å². The molecule has 0 unspecified atom stereocenters. The lowest BCUT2D eigenvalue weighted by Crippen LogP contribution is -2.46. The van der Waals surface area contributed by atoms with Crippen LogP contribution in [-0.4, -0.2) is 58.7 Å². The Morgan fingerprint density at radius 3 is 2.50 bits per heavy atom. The molecule has 34 heavy (non-hydrogen) atoms. The van der Waals surface area contributed by atoms with Crippen LogP contribution in [-0.2, 0) is 6.54 Å². The lowest BCUT2D eigenvalue weighted by Gasteiger charge is -2.37. The third-order valence-electron chi connectivity index (χ3n) is 5.97. The highest BCUT2D eigenvalue weighted by Gasteiger charge is 2.20. The molecule has 7 nitrogen and oxygen atoms in total. The van der Waals surface area contributed by atoms with Crippen molar-refractivity contribution in [1.82, 2.24) is 19.9 Å². The number of fused-ring (bicyclic) bond motifs is 1. The van der Waals surface area contributed by atoms with Gasteiger partial charge in [0, 0.05) is 38.8 Å². The molecule has 0 spiro atoms. The fourth-order valence-corrected chi connectivity index (χ4v) is 4.25. The Morgan fingerprint density at radius 1 is 1.00 bits per heavy atom. The summed E-state index contributed by atoms with van der Waals surface area (Å²) in [7, 11) is 0. The van der Waals surface area contributed by atoms with Crippen LogP contribution in [0.15, 0.2) is 47.3 Å². The summed E-state index contributed by atoms with van der Waals surface area (Å²) < 4.78 is 21.2. The Hall–Kier alpha value is -2.71. The number of piperazine rings is 1. The van der Waals surface area contributed by atoms with Crippen LogP contribution in [0.2, 0.25) is 0 Å². The van der Waals surface area contributed by atoms with E-state index in [-0.39, 0.29) is 29.9 Å². The molecule has 0 N–H and O–H groups in total.